The molecule has 0 unspecified atom stereocenters. The van der Waals surface area contributed by atoms with Crippen molar-refractivity contribution >= 4 is 17.9 Å². The predicted molar refractivity (Wildman–Crippen MR) is 141 cm³/mol. The maximum atomic E-state index is 10.1. The molecule has 2 aromatic rings. The number of nitriles is 1. The van der Waals surface area contributed by atoms with Crippen molar-refractivity contribution in [3.63, 3.8) is 0 Å². The number of ether oxygens (including phenoxy) is 2. The highest BCUT2D eigenvalue weighted by molar-refractivity contribution is 6.32. The molecule has 0 saturated heterocycles. The Bertz CT molecular complexity index is 922. The second-order valence-corrected chi connectivity index (χ2v) is 8.95. The molecule has 1 aliphatic carbocycles. The van der Waals surface area contributed by atoms with E-state index in [0.29, 0.717) is 17.4 Å². The normalized spacial score (nSPS) is 16.6. The Morgan fingerprint density at radius 1 is 1.14 bits per heavy atom. The van der Waals surface area contributed by atoms with Crippen LogP contribution in [0.4, 0.5) is 0 Å². The number of phenolic OH excluding ortho intramolecular Hbond substituents is 1. The third kappa shape index (κ3) is 11.6. The summed E-state index contributed by atoms with van der Waals surface area (Å²) in [5.74, 6) is 2.72. The smallest absolute Gasteiger partial charge is 0.150 e. The van der Waals surface area contributed by atoms with Crippen molar-refractivity contribution in [1.82, 2.24) is 5.32 Å². The minimum absolute atomic E-state index is 0.00716. The number of hydrogen-bond acceptors (Lipinski definition) is 6. The van der Waals surface area contributed by atoms with Gasteiger partial charge >= 0.3 is 0 Å². The van der Waals surface area contributed by atoms with Gasteiger partial charge in [0, 0.05) is 19.3 Å². The van der Waals surface area contributed by atoms with Crippen LogP contribution in [-0.4, -0.2) is 45.8 Å². The molecule has 0 amide bonds. The van der Waals surface area contributed by atoms with E-state index < -0.39 is 0 Å². The number of halogens is 1. The highest BCUT2D eigenvalue weighted by atomic mass is 35.5. The van der Waals surface area contributed by atoms with Crippen molar-refractivity contribution in [1.29, 1.82) is 5.26 Å². The molecule has 3 rings (SSSR count). The van der Waals surface area contributed by atoms with E-state index in [1.807, 2.05) is 19.1 Å². The summed E-state index contributed by atoms with van der Waals surface area (Å²) in [6.07, 6.45) is 8.47. The van der Waals surface area contributed by atoms with E-state index >= 15 is 0 Å². The monoisotopic (exact) mass is 502 g/mol. The number of phenols is 1. The summed E-state index contributed by atoms with van der Waals surface area (Å²) < 4.78 is 10.2. The van der Waals surface area contributed by atoms with Crippen molar-refractivity contribution < 1.29 is 19.4 Å². The summed E-state index contributed by atoms with van der Waals surface area (Å²) >= 11 is 5.48. The van der Waals surface area contributed by atoms with Crippen LogP contribution in [0.5, 0.6) is 11.5 Å². The highest BCUT2D eigenvalue weighted by Gasteiger charge is 2.19. The number of carbonyl (C=O) groups excluding carboxylic acids is 1. The zero-order valence-electron chi connectivity index (χ0n) is 21.4. The topological polar surface area (TPSA) is 91.6 Å². The van der Waals surface area contributed by atoms with Crippen LogP contribution in [0.3, 0.4) is 0 Å². The molecule has 192 valence electrons. The van der Waals surface area contributed by atoms with Gasteiger partial charge in [-0.3, -0.25) is 4.79 Å². The lowest BCUT2D eigenvalue weighted by Crippen LogP contribution is -2.24. The largest absolute Gasteiger partial charge is 0.506 e. The van der Waals surface area contributed by atoms with Crippen molar-refractivity contribution in [3.8, 4) is 17.6 Å². The quantitative estimate of drug-likeness (QED) is 0.428. The number of rotatable bonds is 8. The molecule has 1 saturated carbocycles. The molecule has 2 aromatic carbocycles. The van der Waals surface area contributed by atoms with Crippen LogP contribution in [0.1, 0.15) is 60.5 Å². The zero-order chi connectivity index (χ0) is 26.1. The molecule has 1 fully saturated rings. The standard InChI is InChI=1S/C11H23NO.C10H11NO.C7H5ClO2/c1-12-9-11-5-3-10(4-6-11)7-8-13-2;1-3-9-6-8(7-11)4-5-10(9)12-2;8-6-3-5(4-9)1-2-7(6)10/h10-12H,3-9H2,1-2H3;4-6H,3H2,1-2H3;1-4,10H. The van der Waals surface area contributed by atoms with E-state index in [1.54, 1.807) is 20.3 Å². The van der Waals surface area contributed by atoms with Gasteiger partial charge in [-0.25, -0.2) is 0 Å². The van der Waals surface area contributed by atoms with Gasteiger partial charge in [0.2, 0.25) is 0 Å². The lowest BCUT2D eigenvalue weighted by molar-refractivity contribution is 0.112. The zero-order valence-corrected chi connectivity index (χ0v) is 22.1. The number of aldehydes is 1. The lowest BCUT2D eigenvalue weighted by Gasteiger charge is -2.28. The molecule has 0 aliphatic heterocycles. The molecule has 0 atom stereocenters. The maximum absolute atomic E-state index is 10.1. The summed E-state index contributed by atoms with van der Waals surface area (Å²) in [6.45, 7) is 4.19. The van der Waals surface area contributed by atoms with E-state index in [2.05, 4.69) is 18.4 Å². The minimum atomic E-state index is -0.00716. The first kappa shape index (κ1) is 30.4. The number of aryl methyl sites for hydroxylation is 1. The third-order valence-electron chi connectivity index (χ3n) is 6.09. The molecule has 0 bridgehead atoms. The van der Waals surface area contributed by atoms with Crippen LogP contribution in [-0.2, 0) is 11.2 Å². The minimum Gasteiger partial charge on any atom is -0.506 e. The van der Waals surface area contributed by atoms with E-state index in [9.17, 15) is 4.79 Å². The van der Waals surface area contributed by atoms with Gasteiger partial charge in [-0.1, -0.05) is 31.4 Å². The van der Waals surface area contributed by atoms with Gasteiger partial charge in [0.15, 0.2) is 0 Å². The predicted octanol–water partition coefficient (Wildman–Crippen LogP) is 6.04. The van der Waals surface area contributed by atoms with Crippen LogP contribution >= 0.6 is 11.6 Å². The van der Waals surface area contributed by atoms with Crippen molar-refractivity contribution in [3.05, 3.63) is 58.1 Å². The number of hydrogen-bond donors (Lipinski definition) is 2. The number of carbonyl (C=O) groups is 1. The fraction of sp³-hybridized carbons (Fsp3) is 0.500. The van der Waals surface area contributed by atoms with Gasteiger partial charge in [-0.2, -0.15) is 5.26 Å². The molecule has 0 aromatic heterocycles. The maximum Gasteiger partial charge on any atom is 0.150 e. The molecule has 6 nitrogen and oxygen atoms in total. The number of nitrogens with zero attached hydrogens (tertiary/aromatic N) is 1. The fourth-order valence-corrected chi connectivity index (χ4v) is 4.21. The number of nitrogens with one attached hydrogen (secondary N) is 1. The molecule has 1 aliphatic rings. The number of benzene rings is 2. The molecule has 0 radical (unpaired) electrons. The summed E-state index contributed by atoms with van der Waals surface area (Å²) in [7, 11) is 5.49. The Kier molecular flexibility index (Phi) is 15.5. The van der Waals surface area contributed by atoms with Gasteiger partial charge in [0.05, 0.1) is 23.8 Å². The summed E-state index contributed by atoms with van der Waals surface area (Å²) in [4.78, 5) is 10.1. The molecule has 0 heterocycles. The Hall–Kier alpha value is -2.59. The molecule has 35 heavy (non-hydrogen) atoms. The van der Waals surface area contributed by atoms with Crippen LogP contribution in [0, 0.1) is 23.2 Å². The van der Waals surface area contributed by atoms with E-state index in [1.165, 1.54) is 56.8 Å². The first-order valence-electron chi connectivity index (χ1n) is 12.1. The summed E-state index contributed by atoms with van der Waals surface area (Å²) in [5.41, 5.74) is 2.23. The second kappa shape index (κ2) is 17.8. The summed E-state index contributed by atoms with van der Waals surface area (Å²) in [6, 6.07) is 11.8. The van der Waals surface area contributed by atoms with Crippen molar-refractivity contribution in [2.24, 2.45) is 11.8 Å². The van der Waals surface area contributed by atoms with Crippen LogP contribution in [0.15, 0.2) is 36.4 Å². The number of methoxy groups -OCH3 is 2. The average Bonchev–Trinajstić information content (AvgIpc) is 2.90. The highest BCUT2D eigenvalue weighted by Crippen LogP contribution is 2.30. The fourth-order valence-electron chi connectivity index (χ4n) is 4.02. The van der Waals surface area contributed by atoms with E-state index in [0.717, 1.165) is 36.2 Å². The average molecular weight is 503 g/mol. The summed E-state index contributed by atoms with van der Waals surface area (Å²) in [5, 5.41) is 21.0. The van der Waals surface area contributed by atoms with Gasteiger partial charge in [-0.15, -0.1) is 0 Å². The molecular formula is C28H39ClN2O4. The van der Waals surface area contributed by atoms with E-state index in [4.69, 9.17) is 31.4 Å². The first-order chi connectivity index (χ1) is 16.9. The third-order valence-corrected chi connectivity index (χ3v) is 6.39. The second-order valence-electron chi connectivity index (χ2n) is 8.55. The van der Waals surface area contributed by atoms with Crippen LogP contribution < -0.4 is 10.1 Å². The Morgan fingerprint density at radius 3 is 2.34 bits per heavy atom. The van der Waals surface area contributed by atoms with Gasteiger partial charge in [-0.05, 0) is 93.1 Å². The van der Waals surface area contributed by atoms with E-state index in [-0.39, 0.29) is 10.8 Å². The van der Waals surface area contributed by atoms with Crippen molar-refractivity contribution in [2.45, 2.75) is 45.4 Å². The first-order valence-corrected chi connectivity index (χ1v) is 12.4. The Morgan fingerprint density at radius 2 is 1.83 bits per heavy atom. The molecular weight excluding hydrogens is 464 g/mol. The van der Waals surface area contributed by atoms with Crippen LogP contribution in [0.25, 0.3) is 0 Å². The van der Waals surface area contributed by atoms with Crippen molar-refractivity contribution in [2.75, 3.05) is 34.4 Å². The van der Waals surface area contributed by atoms with Crippen LogP contribution in [0.2, 0.25) is 5.02 Å². The molecule has 0 spiro atoms. The van der Waals surface area contributed by atoms with Gasteiger partial charge < -0.3 is 19.9 Å². The number of aromatic hydroxyl groups is 1. The molecule has 7 heteroatoms. The molecule has 2 N–H and O–H groups in total. The Balaban J connectivity index is 0.000000265. The van der Waals surface area contributed by atoms with Gasteiger partial charge in [0.1, 0.15) is 17.8 Å². The van der Waals surface area contributed by atoms with Gasteiger partial charge in [0.25, 0.3) is 0 Å². The lowest BCUT2D eigenvalue weighted by atomic mass is 9.81. The Labute approximate surface area is 215 Å². The SMILES string of the molecule is CCc1cc(C#N)ccc1OC.CNCC1CCC(CCOC)CC1.O=Cc1ccc(O)c(Cl)c1.